The molecule has 0 radical (unpaired) electrons. The molecule has 1 heteroatoms. The first-order valence-corrected chi connectivity index (χ1v) is 7.17. The second-order valence-corrected chi connectivity index (χ2v) is 6.69. The first kappa shape index (κ1) is 12.0. The zero-order valence-corrected chi connectivity index (χ0v) is 11.4. The molecule has 96 valence electrons. The zero-order chi connectivity index (χ0) is 12.8. The van der Waals surface area contributed by atoms with E-state index in [4.69, 9.17) is 0 Å². The van der Waals surface area contributed by atoms with E-state index in [1.54, 1.807) is 0 Å². The van der Waals surface area contributed by atoms with Gasteiger partial charge in [-0.2, -0.15) is 0 Å². The highest BCUT2D eigenvalue weighted by Gasteiger charge is 2.54. The minimum absolute atomic E-state index is 0.335. The number of carbonyl (C=O) groups is 1. The Balaban J connectivity index is 1.69. The molecule has 0 N–H and O–H groups in total. The molecule has 0 saturated heterocycles. The average Bonchev–Trinajstić information content (AvgIpc) is 2.39. The van der Waals surface area contributed by atoms with Crippen LogP contribution in [0.2, 0.25) is 0 Å². The molecule has 3 saturated carbocycles. The number of benzene rings is 1. The number of ketones is 1. The molecule has 0 amide bonds. The Labute approximate surface area is 110 Å². The van der Waals surface area contributed by atoms with E-state index < -0.39 is 0 Å². The third kappa shape index (κ3) is 1.81. The second-order valence-electron chi connectivity index (χ2n) is 6.69. The minimum atomic E-state index is 0.335. The van der Waals surface area contributed by atoms with Crippen LogP contribution in [0.4, 0.5) is 0 Å². The van der Waals surface area contributed by atoms with Gasteiger partial charge < -0.3 is 0 Å². The van der Waals surface area contributed by atoms with Crippen molar-refractivity contribution in [3.05, 3.63) is 35.9 Å². The molecule has 3 atom stereocenters. The maximum Gasteiger partial charge on any atom is 0.163 e. The number of rotatable bonds is 3. The van der Waals surface area contributed by atoms with Crippen molar-refractivity contribution in [3.8, 4) is 0 Å². The van der Waals surface area contributed by atoms with E-state index in [-0.39, 0.29) is 0 Å². The highest BCUT2D eigenvalue weighted by Crippen LogP contribution is 2.62. The van der Waals surface area contributed by atoms with Crippen molar-refractivity contribution in [2.24, 2.45) is 23.2 Å². The molecule has 3 aliphatic rings. The Morgan fingerprint density at radius 3 is 2.56 bits per heavy atom. The quantitative estimate of drug-likeness (QED) is 0.721. The molecule has 0 aliphatic heterocycles. The Kier molecular flexibility index (Phi) is 2.80. The third-order valence-corrected chi connectivity index (χ3v) is 5.54. The van der Waals surface area contributed by atoms with Gasteiger partial charge in [0.15, 0.2) is 5.78 Å². The molecule has 1 aromatic rings. The van der Waals surface area contributed by atoms with Crippen molar-refractivity contribution in [2.45, 2.75) is 39.5 Å². The van der Waals surface area contributed by atoms with Gasteiger partial charge in [0.25, 0.3) is 0 Å². The summed E-state index contributed by atoms with van der Waals surface area (Å²) >= 11 is 0. The molecule has 2 bridgehead atoms. The first-order chi connectivity index (χ1) is 8.59. The normalized spacial score (nSPS) is 32.7. The van der Waals surface area contributed by atoms with E-state index >= 15 is 0 Å². The molecule has 1 aromatic carbocycles. The van der Waals surface area contributed by atoms with Crippen LogP contribution in [0.15, 0.2) is 30.3 Å². The summed E-state index contributed by atoms with van der Waals surface area (Å²) in [5, 5.41) is 0. The summed E-state index contributed by atoms with van der Waals surface area (Å²) in [5.74, 6) is 2.66. The second kappa shape index (κ2) is 4.22. The third-order valence-electron chi connectivity index (χ3n) is 5.54. The van der Waals surface area contributed by atoms with Crippen molar-refractivity contribution in [3.63, 3.8) is 0 Å². The fraction of sp³-hybridized carbons (Fsp3) is 0.588. The van der Waals surface area contributed by atoms with Crippen molar-refractivity contribution < 1.29 is 4.79 Å². The number of hydrogen-bond donors (Lipinski definition) is 0. The lowest BCUT2D eigenvalue weighted by Gasteiger charge is -2.60. The van der Waals surface area contributed by atoms with Crippen LogP contribution in [0.1, 0.15) is 49.9 Å². The molecule has 3 fully saturated rings. The van der Waals surface area contributed by atoms with Gasteiger partial charge in [0, 0.05) is 12.0 Å². The SMILES string of the molecule is CC1(C)[C@H]2CC[C@@H](CC(=O)c3ccccc3)[C@@H]1C2. The van der Waals surface area contributed by atoms with Gasteiger partial charge in [0.05, 0.1) is 0 Å². The van der Waals surface area contributed by atoms with Gasteiger partial charge in [0.1, 0.15) is 0 Å². The molecular formula is C17H22O. The standard InChI is InChI=1S/C17H22O/c1-17(2)14-9-8-13(15(17)11-14)10-16(18)12-6-4-3-5-7-12/h3-7,13-15H,8-11H2,1-2H3/t13-,14-,15-/m0/s1. The lowest BCUT2D eigenvalue weighted by Crippen LogP contribution is -2.52. The fourth-order valence-corrected chi connectivity index (χ4v) is 4.19. The molecule has 0 aromatic heterocycles. The van der Waals surface area contributed by atoms with Crippen molar-refractivity contribution in [1.82, 2.24) is 0 Å². The van der Waals surface area contributed by atoms with Gasteiger partial charge in [-0.3, -0.25) is 4.79 Å². The maximum atomic E-state index is 12.3. The molecule has 18 heavy (non-hydrogen) atoms. The van der Waals surface area contributed by atoms with Crippen LogP contribution in [0.3, 0.4) is 0 Å². The summed E-state index contributed by atoms with van der Waals surface area (Å²) in [6, 6.07) is 9.77. The monoisotopic (exact) mass is 242 g/mol. The zero-order valence-electron chi connectivity index (χ0n) is 11.4. The predicted octanol–water partition coefficient (Wildman–Crippen LogP) is 4.33. The summed E-state index contributed by atoms with van der Waals surface area (Å²) in [6.45, 7) is 4.79. The maximum absolute atomic E-state index is 12.3. The Morgan fingerprint density at radius 2 is 1.94 bits per heavy atom. The van der Waals surface area contributed by atoms with Crippen LogP contribution >= 0.6 is 0 Å². The summed E-state index contributed by atoms with van der Waals surface area (Å²) in [5.41, 5.74) is 1.37. The smallest absolute Gasteiger partial charge is 0.163 e. The van der Waals surface area contributed by atoms with Crippen molar-refractivity contribution in [2.75, 3.05) is 0 Å². The Bertz CT molecular complexity index is 444. The van der Waals surface area contributed by atoms with Crippen LogP contribution < -0.4 is 0 Å². The number of fused-ring (bicyclic) bond motifs is 2. The number of Topliss-reactive ketones (excluding diaryl/α,β-unsaturated/α-hetero) is 1. The van der Waals surface area contributed by atoms with Crippen LogP contribution in [0, 0.1) is 23.2 Å². The molecule has 0 unspecified atom stereocenters. The molecule has 4 rings (SSSR count). The van der Waals surface area contributed by atoms with Crippen molar-refractivity contribution >= 4 is 5.78 Å². The van der Waals surface area contributed by atoms with Gasteiger partial charge in [-0.05, 0) is 42.4 Å². The largest absolute Gasteiger partial charge is 0.294 e. The summed E-state index contributed by atoms with van der Waals surface area (Å²) in [7, 11) is 0. The van der Waals surface area contributed by atoms with E-state index in [2.05, 4.69) is 13.8 Å². The molecular weight excluding hydrogens is 220 g/mol. The Morgan fingerprint density at radius 1 is 1.22 bits per heavy atom. The minimum Gasteiger partial charge on any atom is -0.294 e. The van der Waals surface area contributed by atoms with E-state index in [1.165, 1.54) is 19.3 Å². The molecule has 0 spiro atoms. The molecule has 0 heterocycles. The van der Waals surface area contributed by atoms with Crippen LogP contribution in [0.25, 0.3) is 0 Å². The van der Waals surface area contributed by atoms with Crippen LogP contribution in [-0.2, 0) is 0 Å². The fourth-order valence-electron chi connectivity index (χ4n) is 4.19. The first-order valence-electron chi connectivity index (χ1n) is 7.17. The topological polar surface area (TPSA) is 17.1 Å². The van der Waals surface area contributed by atoms with Gasteiger partial charge >= 0.3 is 0 Å². The summed E-state index contributed by atoms with van der Waals surface area (Å²) < 4.78 is 0. The van der Waals surface area contributed by atoms with E-state index in [0.717, 1.165) is 23.8 Å². The number of hydrogen-bond acceptors (Lipinski definition) is 1. The van der Waals surface area contributed by atoms with Gasteiger partial charge in [-0.1, -0.05) is 44.2 Å². The van der Waals surface area contributed by atoms with E-state index in [9.17, 15) is 4.79 Å². The van der Waals surface area contributed by atoms with Gasteiger partial charge in [-0.15, -0.1) is 0 Å². The highest BCUT2D eigenvalue weighted by molar-refractivity contribution is 5.96. The van der Waals surface area contributed by atoms with Crippen LogP contribution in [-0.4, -0.2) is 5.78 Å². The summed E-state index contributed by atoms with van der Waals surface area (Å²) in [4.78, 5) is 12.3. The van der Waals surface area contributed by atoms with E-state index in [1.807, 2.05) is 30.3 Å². The van der Waals surface area contributed by atoms with Gasteiger partial charge in [-0.25, -0.2) is 0 Å². The summed E-state index contributed by atoms with van der Waals surface area (Å²) in [6.07, 6.45) is 4.71. The molecule has 3 aliphatic carbocycles. The predicted molar refractivity (Wildman–Crippen MR) is 73.5 cm³/mol. The van der Waals surface area contributed by atoms with Crippen molar-refractivity contribution in [1.29, 1.82) is 0 Å². The number of carbonyl (C=O) groups excluding carboxylic acids is 1. The average molecular weight is 242 g/mol. The molecule has 1 nitrogen and oxygen atoms in total. The lowest BCUT2D eigenvalue weighted by atomic mass is 9.45. The Hall–Kier alpha value is -1.11. The van der Waals surface area contributed by atoms with Gasteiger partial charge in [0.2, 0.25) is 0 Å². The highest BCUT2D eigenvalue weighted by atomic mass is 16.1. The van der Waals surface area contributed by atoms with Crippen LogP contribution in [0.5, 0.6) is 0 Å². The lowest BCUT2D eigenvalue weighted by molar-refractivity contribution is -0.104. The van der Waals surface area contributed by atoms with E-state index in [0.29, 0.717) is 17.1 Å².